The number of benzene rings is 8. The molecule has 11 rings (SSSR count). The molecule has 0 saturated carbocycles. The third kappa shape index (κ3) is 5.62. The summed E-state index contributed by atoms with van der Waals surface area (Å²) in [4.78, 5) is 4.95. The molecule has 3 aliphatic carbocycles. The zero-order valence-corrected chi connectivity index (χ0v) is 34.7. The molecule has 0 radical (unpaired) electrons. The van der Waals surface area contributed by atoms with Gasteiger partial charge >= 0.3 is 0 Å². The fraction of sp³-hybridized carbons (Fsp3) is 0.138. The first-order chi connectivity index (χ1) is 29.3. The van der Waals surface area contributed by atoms with Crippen LogP contribution in [-0.2, 0) is 10.8 Å². The first-order valence-electron chi connectivity index (χ1n) is 21.4. The number of fused-ring (bicyclic) bond motifs is 7. The van der Waals surface area contributed by atoms with Crippen LogP contribution < -0.4 is 9.80 Å². The number of anilines is 6. The number of nitrogens with zero attached hydrogens (tertiary/aromatic N) is 2. The predicted octanol–water partition coefficient (Wildman–Crippen LogP) is 16.0. The lowest BCUT2D eigenvalue weighted by Gasteiger charge is -2.32. The molecule has 0 aliphatic heterocycles. The average molecular weight is 773 g/mol. The van der Waals surface area contributed by atoms with Crippen LogP contribution in [-0.4, -0.2) is 0 Å². The Morgan fingerprint density at radius 2 is 1.02 bits per heavy atom. The van der Waals surface area contributed by atoms with Gasteiger partial charge in [0.25, 0.3) is 0 Å². The molecule has 0 bridgehead atoms. The highest BCUT2D eigenvalue weighted by molar-refractivity contribution is 6.10. The summed E-state index contributed by atoms with van der Waals surface area (Å²) in [7, 11) is 0. The van der Waals surface area contributed by atoms with Crippen LogP contribution in [0, 0.1) is 5.92 Å². The highest BCUT2D eigenvalue weighted by Gasteiger charge is 2.44. The van der Waals surface area contributed by atoms with Crippen molar-refractivity contribution in [3.8, 4) is 22.3 Å². The topological polar surface area (TPSA) is 6.48 Å². The Morgan fingerprint density at radius 3 is 1.73 bits per heavy atom. The van der Waals surface area contributed by atoms with Crippen molar-refractivity contribution < 1.29 is 0 Å². The van der Waals surface area contributed by atoms with Crippen molar-refractivity contribution in [1.82, 2.24) is 0 Å². The van der Waals surface area contributed by atoms with Crippen molar-refractivity contribution in [2.75, 3.05) is 9.80 Å². The fourth-order valence-electron chi connectivity index (χ4n) is 10.6. The lowest BCUT2D eigenvalue weighted by atomic mass is 9.74. The average Bonchev–Trinajstić information content (AvgIpc) is 3.66. The van der Waals surface area contributed by atoms with E-state index in [4.69, 9.17) is 0 Å². The Bertz CT molecular complexity index is 2990. The maximum absolute atomic E-state index is 2.55. The first kappa shape index (κ1) is 36.2. The minimum Gasteiger partial charge on any atom is -0.310 e. The van der Waals surface area contributed by atoms with Crippen molar-refractivity contribution in [1.29, 1.82) is 0 Å². The zero-order chi connectivity index (χ0) is 40.6. The molecule has 8 aromatic carbocycles. The van der Waals surface area contributed by atoms with Gasteiger partial charge in [-0.3, -0.25) is 0 Å². The first-order valence-corrected chi connectivity index (χ1v) is 21.4. The highest BCUT2D eigenvalue weighted by atomic mass is 15.2. The molecule has 8 aromatic rings. The number of rotatable bonds is 7. The van der Waals surface area contributed by atoms with E-state index in [1.807, 2.05) is 0 Å². The second kappa shape index (κ2) is 13.9. The molecule has 0 fully saturated rings. The van der Waals surface area contributed by atoms with E-state index in [9.17, 15) is 0 Å². The van der Waals surface area contributed by atoms with E-state index in [2.05, 4.69) is 238 Å². The van der Waals surface area contributed by atoms with Crippen molar-refractivity contribution >= 4 is 50.5 Å². The van der Waals surface area contributed by atoms with E-state index < -0.39 is 0 Å². The van der Waals surface area contributed by atoms with Gasteiger partial charge in [-0.25, -0.2) is 0 Å². The van der Waals surface area contributed by atoms with Crippen LogP contribution in [0.1, 0.15) is 56.4 Å². The van der Waals surface area contributed by atoms with Crippen LogP contribution in [0.15, 0.2) is 200 Å². The molecule has 0 aromatic heterocycles. The second-order valence-corrected chi connectivity index (χ2v) is 17.8. The van der Waals surface area contributed by atoms with Gasteiger partial charge in [0.05, 0.1) is 5.69 Å². The molecular weight excluding hydrogens is 725 g/mol. The number of para-hydroxylation sites is 2. The van der Waals surface area contributed by atoms with Crippen molar-refractivity contribution in [2.24, 2.45) is 5.92 Å². The van der Waals surface area contributed by atoms with Gasteiger partial charge in [0, 0.05) is 44.8 Å². The molecule has 1 atom stereocenters. The molecule has 0 spiro atoms. The van der Waals surface area contributed by atoms with Gasteiger partial charge in [0.15, 0.2) is 0 Å². The summed E-state index contributed by atoms with van der Waals surface area (Å²) in [5.74, 6) is 0.485. The SMILES string of the molecule is CC1(C)c2cc(N(c3ccccc3)c3ccc(-c4ccccc4)cc3)ccc2-c2c1cc1ccccc1c2N(c1ccccc1)c1ccc2c(c1)C(C)(C)C1CC=CC=C21. The maximum Gasteiger partial charge on any atom is 0.0621 e. The summed E-state index contributed by atoms with van der Waals surface area (Å²) in [6.45, 7) is 9.70. The summed E-state index contributed by atoms with van der Waals surface area (Å²) in [6.07, 6.45) is 8.01. The van der Waals surface area contributed by atoms with Crippen molar-refractivity contribution in [2.45, 2.75) is 44.9 Å². The molecule has 60 heavy (non-hydrogen) atoms. The summed E-state index contributed by atoms with van der Waals surface area (Å²) < 4.78 is 0. The van der Waals surface area contributed by atoms with Crippen LogP contribution >= 0.6 is 0 Å². The molecule has 1 unspecified atom stereocenters. The molecular formula is C58H48N2. The Balaban J connectivity index is 1.11. The van der Waals surface area contributed by atoms with Crippen LogP contribution in [0.4, 0.5) is 34.1 Å². The maximum atomic E-state index is 2.55. The van der Waals surface area contributed by atoms with Gasteiger partial charge in [-0.1, -0.05) is 161 Å². The van der Waals surface area contributed by atoms with Gasteiger partial charge in [0.2, 0.25) is 0 Å². The predicted molar refractivity (Wildman–Crippen MR) is 255 cm³/mol. The van der Waals surface area contributed by atoms with E-state index in [-0.39, 0.29) is 10.8 Å². The van der Waals surface area contributed by atoms with Crippen LogP contribution in [0.2, 0.25) is 0 Å². The minimum absolute atomic E-state index is 0.0164. The van der Waals surface area contributed by atoms with E-state index >= 15 is 0 Å². The molecule has 2 nitrogen and oxygen atoms in total. The summed E-state index contributed by atoms with van der Waals surface area (Å²) in [6, 6.07) is 67.3. The molecule has 0 N–H and O–H groups in total. The largest absolute Gasteiger partial charge is 0.310 e. The van der Waals surface area contributed by atoms with E-state index in [0.29, 0.717) is 5.92 Å². The van der Waals surface area contributed by atoms with Gasteiger partial charge in [0.1, 0.15) is 0 Å². The van der Waals surface area contributed by atoms with E-state index in [0.717, 1.165) is 29.2 Å². The highest BCUT2D eigenvalue weighted by Crippen LogP contribution is 2.59. The number of hydrogen-bond donors (Lipinski definition) is 0. The third-order valence-electron chi connectivity index (χ3n) is 13.7. The van der Waals surface area contributed by atoms with Crippen LogP contribution in [0.3, 0.4) is 0 Å². The lowest BCUT2D eigenvalue weighted by molar-refractivity contribution is 0.415. The molecule has 0 saturated heterocycles. The normalized spacial score (nSPS) is 16.4. The van der Waals surface area contributed by atoms with Crippen LogP contribution in [0.25, 0.3) is 38.6 Å². The standard InChI is InChI=1S/C58H48N2/c1-57(2)51-27-17-16-26-48(51)49-34-32-46(38-52(49)57)60(43-23-12-7-13-24-43)56-47-25-15-14-20-41(47)36-54-55(56)50-35-33-45(37-53(50)58(54,3)4)59(42-21-10-6-11-22-42)44-30-28-40(29-31-44)39-18-8-5-9-19-39/h5-26,28-38,51H,27H2,1-4H3. The second-order valence-electron chi connectivity index (χ2n) is 17.8. The van der Waals surface area contributed by atoms with Gasteiger partial charge < -0.3 is 9.80 Å². The Labute approximate surface area is 354 Å². The van der Waals surface area contributed by atoms with Gasteiger partial charge in [-0.15, -0.1) is 0 Å². The monoisotopic (exact) mass is 772 g/mol. The lowest BCUT2D eigenvalue weighted by Crippen LogP contribution is -2.24. The Kier molecular flexibility index (Phi) is 8.36. The van der Waals surface area contributed by atoms with Gasteiger partial charge in [-0.05, 0) is 134 Å². The van der Waals surface area contributed by atoms with Crippen molar-refractivity contribution in [3.63, 3.8) is 0 Å². The molecule has 2 heteroatoms. The number of hydrogen-bond acceptors (Lipinski definition) is 2. The molecule has 3 aliphatic rings. The summed E-state index contributed by atoms with van der Waals surface area (Å²) >= 11 is 0. The smallest absolute Gasteiger partial charge is 0.0621 e. The van der Waals surface area contributed by atoms with E-state index in [1.54, 1.807) is 0 Å². The van der Waals surface area contributed by atoms with Gasteiger partial charge in [-0.2, -0.15) is 0 Å². The number of allylic oxidation sites excluding steroid dienone is 4. The summed E-state index contributed by atoms with van der Waals surface area (Å²) in [5, 5.41) is 2.50. The Morgan fingerprint density at radius 1 is 0.467 bits per heavy atom. The fourth-order valence-corrected chi connectivity index (χ4v) is 10.6. The van der Waals surface area contributed by atoms with Crippen LogP contribution in [0.5, 0.6) is 0 Å². The zero-order valence-electron chi connectivity index (χ0n) is 34.7. The van der Waals surface area contributed by atoms with E-state index in [1.165, 1.54) is 72.2 Å². The molecule has 290 valence electrons. The summed E-state index contributed by atoms with van der Waals surface area (Å²) in [5.41, 5.74) is 18.7. The molecule has 0 heterocycles. The Hall–Kier alpha value is -6.90. The minimum atomic E-state index is -0.267. The quantitative estimate of drug-likeness (QED) is 0.159. The van der Waals surface area contributed by atoms with Crippen molar-refractivity contribution in [3.05, 3.63) is 222 Å². The third-order valence-corrected chi connectivity index (χ3v) is 13.7. The molecule has 0 amide bonds.